The van der Waals surface area contributed by atoms with Crippen LogP contribution in [0.15, 0.2) is 93.6 Å². The Kier molecular flexibility index (Phi) is 19.6. The van der Waals surface area contributed by atoms with Crippen molar-refractivity contribution in [2.75, 3.05) is 13.1 Å². The first-order valence-corrected chi connectivity index (χ1v) is 34.2. The third-order valence-electron chi connectivity index (χ3n) is 15.0. The van der Waals surface area contributed by atoms with Crippen molar-refractivity contribution in [2.24, 2.45) is 11.7 Å². The fourth-order valence-electron chi connectivity index (χ4n) is 10.4. The topological polar surface area (TPSA) is 340 Å². The average molecular weight is 1340 g/mol. The van der Waals surface area contributed by atoms with E-state index in [-0.39, 0.29) is 58.2 Å². The highest BCUT2D eigenvalue weighted by Gasteiger charge is 2.45. The Labute approximate surface area is 546 Å². The zero-order valence-electron chi connectivity index (χ0n) is 49.7. The second-order valence-corrected chi connectivity index (χ2v) is 28.5. The molecule has 0 aliphatic carbocycles. The molecule has 9 aromatic rings. The molecule has 1 saturated heterocycles. The number of aliphatic hydroxyl groups excluding tert-OH is 2. The SMILES string of the molecule is Cc1sc2nc1C(=O)N[C@@H]([C@H](O)c1ccccc1)c1nc(cs1)C(=O)N[C@@H](Cc1ccc(O)cc1)C(=O)N1C[C@H](O)[C@H](C)[C@H]1c1nc(cs1)-c1nc(cs1)-c1nc(-c3nc(CNCCCCC(=O)OC(C)(C)C)cs3)ccc1-c1nc(cs1)C(=O)N[C@H]2CC(N)=O. The fraction of sp³-hybridized carbons (Fsp3) is 0.339. The van der Waals surface area contributed by atoms with Gasteiger partial charge in [0.25, 0.3) is 17.7 Å². The predicted octanol–water partition coefficient (Wildman–Crippen LogP) is 8.89. The van der Waals surface area contributed by atoms with Crippen LogP contribution in [0.4, 0.5) is 0 Å². The average Bonchev–Trinajstić information content (AvgIpc) is 1.70. The Morgan fingerprint density at radius 3 is 2.13 bits per heavy atom. The Hall–Kier alpha value is -8.13. The van der Waals surface area contributed by atoms with Gasteiger partial charge in [-0.3, -0.25) is 28.8 Å². The zero-order chi connectivity index (χ0) is 64.3. The van der Waals surface area contributed by atoms with E-state index in [9.17, 15) is 39.3 Å². The summed E-state index contributed by atoms with van der Waals surface area (Å²) in [5.74, 6) is -4.13. The summed E-state index contributed by atoms with van der Waals surface area (Å²) in [6.07, 6.45) is -0.997. The number of primary amides is 1. The summed E-state index contributed by atoms with van der Waals surface area (Å²) in [5.41, 5.74) is 9.36. The lowest BCUT2D eigenvalue weighted by Crippen LogP contribution is -2.50. The Morgan fingerprint density at radius 1 is 0.714 bits per heavy atom. The maximum absolute atomic E-state index is 15.2. The number of ether oxygens (including phenoxy) is 1. The molecule has 2 aromatic carbocycles. The fourth-order valence-corrected chi connectivity index (χ4v) is 15.8. The molecular formula is C62H63N13O10S6. The molecule has 5 amide bonds. The van der Waals surface area contributed by atoms with Crippen molar-refractivity contribution in [3.05, 3.63) is 147 Å². The third kappa shape index (κ3) is 15.1. The number of benzene rings is 2. The molecule has 91 heavy (non-hydrogen) atoms. The summed E-state index contributed by atoms with van der Waals surface area (Å²) >= 11 is 7.27. The number of unbranched alkanes of at least 4 members (excludes halogenated alkanes) is 1. The van der Waals surface area contributed by atoms with Gasteiger partial charge in [-0.25, -0.2) is 34.9 Å². The van der Waals surface area contributed by atoms with E-state index in [1.165, 1.54) is 67.8 Å². The van der Waals surface area contributed by atoms with E-state index in [1.807, 2.05) is 56.0 Å². The lowest BCUT2D eigenvalue weighted by Gasteiger charge is -2.29. The number of fused-ring (bicyclic) bond motifs is 16. The number of aromatic nitrogens is 7. The van der Waals surface area contributed by atoms with E-state index >= 15 is 4.79 Å². The molecule has 0 unspecified atom stereocenters. The minimum Gasteiger partial charge on any atom is -0.508 e. The number of esters is 1. The Morgan fingerprint density at radius 2 is 1.37 bits per heavy atom. The van der Waals surface area contributed by atoms with Gasteiger partial charge in [0.05, 0.1) is 36.0 Å². The Balaban J connectivity index is 0.957. The molecule has 29 heteroatoms. The number of carbonyl (C=O) groups excluding carboxylic acids is 6. The smallest absolute Gasteiger partial charge is 0.306 e. The van der Waals surface area contributed by atoms with Crippen molar-refractivity contribution < 1.29 is 48.8 Å². The first kappa shape index (κ1) is 64.4. The number of aromatic hydroxyl groups is 1. The summed E-state index contributed by atoms with van der Waals surface area (Å²) < 4.78 is 5.44. The number of pyridine rings is 1. The first-order valence-electron chi connectivity index (χ1n) is 29.0. The highest BCUT2D eigenvalue weighted by Crippen LogP contribution is 2.43. The largest absolute Gasteiger partial charge is 0.508 e. The van der Waals surface area contributed by atoms with Crippen molar-refractivity contribution >= 4 is 104 Å². The molecule has 2 aliphatic heterocycles. The molecular weight excluding hydrogens is 1280 g/mol. The predicted molar refractivity (Wildman–Crippen MR) is 347 cm³/mol. The summed E-state index contributed by atoms with van der Waals surface area (Å²) in [6.45, 7) is 10.1. The number of nitrogens with zero attached hydrogens (tertiary/aromatic N) is 8. The number of aliphatic hydroxyl groups is 2. The number of aryl methyl sites for hydroxylation is 1. The minimum absolute atomic E-state index is 0.00374. The molecule has 9 N–H and O–H groups in total. The molecule has 7 atom stereocenters. The van der Waals surface area contributed by atoms with Crippen LogP contribution in [0.25, 0.3) is 43.4 Å². The van der Waals surface area contributed by atoms with Crippen LogP contribution in [0, 0.1) is 12.8 Å². The quantitative estimate of drug-likeness (QED) is 0.0372. The lowest BCUT2D eigenvalue weighted by molar-refractivity contribution is -0.155. The molecule has 23 nitrogen and oxygen atoms in total. The lowest BCUT2D eigenvalue weighted by atomic mass is 10.00. The molecule has 10 bridgehead atoms. The van der Waals surface area contributed by atoms with Crippen LogP contribution in [-0.4, -0.2) is 121 Å². The summed E-state index contributed by atoms with van der Waals surface area (Å²) in [6, 6.07) is 14.1. The molecule has 0 radical (unpaired) electrons. The highest BCUT2D eigenvalue weighted by atomic mass is 32.1. The van der Waals surface area contributed by atoms with Gasteiger partial charge in [-0.15, -0.1) is 68.0 Å². The number of phenols is 1. The van der Waals surface area contributed by atoms with Gasteiger partial charge < -0.3 is 52.0 Å². The molecule has 7 aromatic heterocycles. The summed E-state index contributed by atoms with van der Waals surface area (Å²) in [4.78, 5) is 120. The van der Waals surface area contributed by atoms with Crippen LogP contribution in [-0.2, 0) is 32.1 Å². The minimum atomic E-state index is -1.40. The van der Waals surface area contributed by atoms with E-state index in [4.69, 9.17) is 35.4 Å². The van der Waals surface area contributed by atoms with Gasteiger partial charge in [0, 0.05) is 69.2 Å². The van der Waals surface area contributed by atoms with Crippen molar-refractivity contribution in [1.82, 2.24) is 61.1 Å². The van der Waals surface area contributed by atoms with Crippen LogP contribution >= 0.6 is 68.0 Å². The van der Waals surface area contributed by atoms with Gasteiger partial charge in [0.15, 0.2) is 0 Å². The van der Waals surface area contributed by atoms with Crippen LogP contribution in [0.2, 0.25) is 0 Å². The van der Waals surface area contributed by atoms with Gasteiger partial charge in [-0.2, -0.15) is 0 Å². The maximum atomic E-state index is 15.2. The number of thiazole rings is 6. The maximum Gasteiger partial charge on any atom is 0.306 e. The number of amides is 5. The number of phenolic OH excluding ortho intramolecular Hbond substituents is 1. The normalized spacial score (nSPS) is 19.3. The molecule has 0 saturated carbocycles. The highest BCUT2D eigenvalue weighted by molar-refractivity contribution is 7.15. The van der Waals surface area contributed by atoms with E-state index in [2.05, 4.69) is 31.2 Å². The standard InChI is InChI=1S/C62H63N13O10S6/c1-30-44(77)24-75-50(30)60-72-43(29-90-60)57-69-40(26-88-57)48-36(18-19-37(66-48)56-65-34(25-86-56)23-64-20-10-9-13-46(79)85-62(3,4)5)55-70-41(27-87-55)52(81)67-38(22-45(63)78)58-74-47(31(2)91-58)54(83)73-49(51(80)33-11-7-6-8-12-33)59-71-42(28-89-59)53(82)68-39(61(75)84)21-32-14-16-35(76)17-15-32/h6-8,11-12,14-19,25-30,38-39,44,49-51,64,76-77,80H,9-10,13,20-24H2,1-5H3,(H2,63,78)(H,67,81)(H,68,82)(H,73,83)/t30-,38-,39-,44-,49-,50-,51+/m0/s1. The molecule has 11 rings (SSSR count). The van der Waals surface area contributed by atoms with Crippen LogP contribution < -0.4 is 27.0 Å². The van der Waals surface area contributed by atoms with Crippen molar-refractivity contribution in [2.45, 2.75) is 115 Å². The first-order chi connectivity index (χ1) is 43.6. The van der Waals surface area contributed by atoms with Gasteiger partial charge in [-0.1, -0.05) is 49.4 Å². The number of nitrogens with one attached hydrogen (secondary N) is 4. The number of carbonyl (C=O) groups is 6. The molecule has 9 heterocycles. The number of hydrogen-bond donors (Lipinski definition) is 8. The van der Waals surface area contributed by atoms with Crippen LogP contribution in [0.3, 0.4) is 0 Å². The third-order valence-corrected chi connectivity index (χ3v) is 20.6. The molecule has 2 aliphatic rings. The van der Waals surface area contributed by atoms with E-state index < -0.39 is 77.4 Å². The van der Waals surface area contributed by atoms with Gasteiger partial charge in [0.2, 0.25) is 11.8 Å². The van der Waals surface area contributed by atoms with Gasteiger partial charge in [0.1, 0.15) is 93.7 Å². The molecule has 0 spiro atoms. The summed E-state index contributed by atoms with van der Waals surface area (Å²) in [5, 5.41) is 56.9. The number of nitrogens with two attached hydrogens (primary N) is 1. The van der Waals surface area contributed by atoms with Crippen LogP contribution in [0.5, 0.6) is 5.75 Å². The van der Waals surface area contributed by atoms with Crippen LogP contribution in [0.1, 0.15) is 146 Å². The number of rotatable bonds is 14. The molecule has 1 fully saturated rings. The van der Waals surface area contributed by atoms with E-state index in [1.54, 1.807) is 54.8 Å². The van der Waals surface area contributed by atoms with E-state index in [0.29, 0.717) is 90.3 Å². The van der Waals surface area contributed by atoms with Gasteiger partial charge in [-0.05, 0) is 82.5 Å². The number of hydrogen-bond acceptors (Lipinski definition) is 24. The van der Waals surface area contributed by atoms with Crippen molar-refractivity contribution in [1.29, 1.82) is 0 Å². The zero-order valence-corrected chi connectivity index (χ0v) is 54.6. The second-order valence-electron chi connectivity index (χ2n) is 22.9. The monoisotopic (exact) mass is 1340 g/mol. The van der Waals surface area contributed by atoms with Crippen molar-refractivity contribution in [3.63, 3.8) is 0 Å². The van der Waals surface area contributed by atoms with E-state index in [0.717, 1.165) is 34.8 Å². The van der Waals surface area contributed by atoms with Gasteiger partial charge >= 0.3 is 5.97 Å². The summed E-state index contributed by atoms with van der Waals surface area (Å²) in [7, 11) is 0. The second kappa shape index (κ2) is 27.8. The Bertz CT molecular complexity index is 4140. The van der Waals surface area contributed by atoms with Crippen molar-refractivity contribution in [3.8, 4) is 49.1 Å². The molecule has 472 valence electrons.